The Bertz CT molecular complexity index is 1390. The molecule has 2 heterocycles. The fraction of sp³-hybridized carbons (Fsp3) is 0.214. The molecule has 0 radical (unpaired) electrons. The minimum atomic E-state index is -0.168. The zero-order valence-electron chi connectivity index (χ0n) is 19.5. The van der Waals surface area contributed by atoms with Crippen molar-refractivity contribution in [3.8, 4) is 0 Å². The number of rotatable bonds is 5. The van der Waals surface area contributed by atoms with E-state index >= 15 is 0 Å². The number of likely N-dealkylation sites (tertiary alicyclic amines) is 1. The summed E-state index contributed by atoms with van der Waals surface area (Å²) < 4.78 is 1.68. The van der Waals surface area contributed by atoms with E-state index in [-0.39, 0.29) is 23.5 Å². The molecule has 1 fully saturated rings. The molecule has 7 heteroatoms. The van der Waals surface area contributed by atoms with E-state index in [2.05, 4.69) is 10.3 Å². The van der Waals surface area contributed by atoms with Crippen molar-refractivity contribution in [3.63, 3.8) is 0 Å². The summed E-state index contributed by atoms with van der Waals surface area (Å²) in [6.45, 7) is 1.08. The molecule has 0 unspecified atom stereocenters. The van der Waals surface area contributed by atoms with Gasteiger partial charge in [-0.05, 0) is 53.9 Å². The van der Waals surface area contributed by atoms with Crippen LogP contribution in [0.3, 0.4) is 0 Å². The number of carbonyl (C=O) groups is 3. The van der Waals surface area contributed by atoms with Gasteiger partial charge in [-0.15, -0.1) is 0 Å². The lowest BCUT2D eigenvalue weighted by Crippen LogP contribution is -2.41. The Labute approximate surface area is 203 Å². The smallest absolute Gasteiger partial charge is 0.254 e. The molecule has 35 heavy (non-hydrogen) atoms. The van der Waals surface area contributed by atoms with E-state index in [1.54, 1.807) is 48.3 Å². The number of fused-ring (bicyclic) bond motifs is 1. The molecule has 5 rings (SSSR count). The van der Waals surface area contributed by atoms with Gasteiger partial charge in [0.2, 0.25) is 11.7 Å². The molecule has 1 N–H and O–H groups in total. The third-order valence-electron chi connectivity index (χ3n) is 6.61. The van der Waals surface area contributed by atoms with E-state index in [0.29, 0.717) is 48.6 Å². The Morgan fingerprint density at radius 3 is 2.34 bits per heavy atom. The Hall–Kier alpha value is -4.26. The van der Waals surface area contributed by atoms with E-state index in [0.717, 1.165) is 10.8 Å². The Morgan fingerprint density at radius 1 is 0.914 bits per heavy atom. The monoisotopic (exact) mass is 466 g/mol. The van der Waals surface area contributed by atoms with Crippen molar-refractivity contribution >= 4 is 34.1 Å². The molecule has 0 saturated carbocycles. The summed E-state index contributed by atoms with van der Waals surface area (Å²) in [5.41, 5.74) is 1.85. The fourth-order valence-electron chi connectivity index (χ4n) is 4.59. The van der Waals surface area contributed by atoms with Crippen LogP contribution in [-0.2, 0) is 11.8 Å². The van der Waals surface area contributed by atoms with Gasteiger partial charge in [0.25, 0.3) is 5.91 Å². The topological polar surface area (TPSA) is 84.3 Å². The number of aromatic nitrogens is 2. The predicted octanol–water partition coefficient (Wildman–Crippen LogP) is 4.30. The van der Waals surface area contributed by atoms with Crippen molar-refractivity contribution in [3.05, 3.63) is 96.1 Å². The summed E-state index contributed by atoms with van der Waals surface area (Å²) in [5, 5.41) is 4.94. The molecule has 176 valence electrons. The minimum absolute atomic E-state index is 0.00799. The highest BCUT2D eigenvalue weighted by atomic mass is 16.2. The van der Waals surface area contributed by atoms with Crippen molar-refractivity contribution in [1.29, 1.82) is 0 Å². The highest BCUT2D eigenvalue weighted by Crippen LogP contribution is 2.24. The normalized spacial score (nSPS) is 14.1. The van der Waals surface area contributed by atoms with Crippen LogP contribution in [0, 0.1) is 5.92 Å². The third kappa shape index (κ3) is 4.57. The predicted molar refractivity (Wildman–Crippen MR) is 134 cm³/mol. The van der Waals surface area contributed by atoms with E-state index < -0.39 is 0 Å². The lowest BCUT2D eigenvalue weighted by molar-refractivity contribution is -0.121. The number of piperidine rings is 1. The van der Waals surface area contributed by atoms with Crippen LogP contribution in [-0.4, -0.2) is 45.1 Å². The number of anilines is 1. The molecule has 7 nitrogen and oxygen atoms in total. The molecular formula is C28H26N4O3. The number of aryl methyl sites for hydroxylation is 1. The van der Waals surface area contributed by atoms with E-state index in [9.17, 15) is 14.4 Å². The number of hydrogen-bond donors (Lipinski definition) is 1. The maximum absolute atomic E-state index is 13.2. The zero-order valence-corrected chi connectivity index (χ0v) is 19.5. The highest BCUT2D eigenvalue weighted by molar-refractivity contribution is 6.08. The first-order valence-corrected chi connectivity index (χ1v) is 11.7. The van der Waals surface area contributed by atoms with Crippen LogP contribution in [0.1, 0.15) is 39.4 Å². The second kappa shape index (κ2) is 9.54. The largest absolute Gasteiger partial charge is 0.339 e. The SMILES string of the molecule is Cn1ccnc1C(=O)c1ccc(NC(=O)C2CCN(C(=O)c3cccc4ccccc34)CC2)cc1. The lowest BCUT2D eigenvalue weighted by Gasteiger charge is -2.31. The van der Waals surface area contributed by atoms with Gasteiger partial charge >= 0.3 is 0 Å². The van der Waals surface area contributed by atoms with E-state index in [1.807, 2.05) is 47.4 Å². The number of amides is 2. The summed E-state index contributed by atoms with van der Waals surface area (Å²) in [7, 11) is 1.77. The van der Waals surface area contributed by atoms with Crippen LogP contribution >= 0.6 is 0 Å². The molecule has 0 spiro atoms. The van der Waals surface area contributed by atoms with Crippen molar-refractivity contribution in [2.24, 2.45) is 13.0 Å². The standard InChI is InChI=1S/C28H26N4O3/c1-31-18-15-29-26(31)25(33)20-9-11-22(12-10-20)30-27(34)21-13-16-32(17-14-21)28(35)24-8-4-6-19-5-2-3-7-23(19)24/h2-12,15,18,21H,13-14,16-17H2,1H3,(H,30,34). The van der Waals surface area contributed by atoms with Gasteiger partial charge in [0.1, 0.15) is 0 Å². The minimum Gasteiger partial charge on any atom is -0.339 e. The molecule has 0 bridgehead atoms. The van der Waals surface area contributed by atoms with Gasteiger partial charge in [-0.25, -0.2) is 4.98 Å². The molecule has 2 amide bonds. The molecule has 1 aromatic heterocycles. The third-order valence-corrected chi connectivity index (χ3v) is 6.61. The quantitative estimate of drug-likeness (QED) is 0.445. The van der Waals surface area contributed by atoms with Crippen molar-refractivity contribution in [2.75, 3.05) is 18.4 Å². The number of benzene rings is 3. The molecule has 1 aliphatic heterocycles. The first kappa shape index (κ1) is 22.5. The summed E-state index contributed by atoms with van der Waals surface area (Å²) >= 11 is 0. The van der Waals surface area contributed by atoms with Crippen LogP contribution < -0.4 is 5.32 Å². The van der Waals surface area contributed by atoms with Gasteiger partial charge in [0, 0.05) is 55.3 Å². The zero-order chi connectivity index (χ0) is 24.4. The Balaban J connectivity index is 1.18. The van der Waals surface area contributed by atoms with Gasteiger partial charge < -0.3 is 14.8 Å². The van der Waals surface area contributed by atoms with E-state index in [1.165, 1.54) is 0 Å². The van der Waals surface area contributed by atoms with Crippen LogP contribution in [0.5, 0.6) is 0 Å². The average Bonchev–Trinajstić information content (AvgIpc) is 3.33. The van der Waals surface area contributed by atoms with Crippen molar-refractivity contribution in [2.45, 2.75) is 12.8 Å². The number of nitrogens with one attached hydrogen (secondary N) is 1. The summed E-state index contributed by atoms with van der Waals surface area (Å²) in [6, 6.07) is 20.5. The average molecular weight is 467 g/mol. The number of nitrogens with zero attached hydrogens (tertiary/aromatic N) is 3. The van der Waals surface area contributed by atoms with E-state index in [4.69, 9.17) is 0 Å². The van der Waals surface area contributed by atoms with Crippen molar-refractivity contribution < 1.29 is 14.4 Å². The molecule has 4 aromatic rings. The maximum atomic E-state index is 13.2. The Morgan fingerprint density at radius 2 is 1.63 bits per heavy atom. The first-order chi connectivity index (χ1) is 17.0. The molecule has 1 aliphatic rings. The van der Waals surface area contributed by atoms with Crippen LogP contribution in [0.25, 0.3) is 10.8 Å². The van der Waals surface area contributed by atoms with Crippen LogP contribution in [0.15, 0.2) is 79.1 Å². The second-order valence-electron chi connectivity index (χ2n) is 8.85. The molecule has 1 saturated heterocycles. The Kier molecular flexibility index (Phi) is 6.14. The number of ketones is 1. The molecule has 3 aromatic carbocycles. The lowest BCUT2D eigenvalue weighted by atomic mass is 9.94. The van der Waals surface area contributed by atoms with Gasteiger partial charge in [0.15, 0.2) is 5.82 Å². The van der Waals surface area contributed by atoms with Crippen LogP contribution in [0.2, 0.25) is 0 Å². The number of carbonyl (C=O) groups excluding carboxylic acids is 3. The van der Waals surface area contributed by atoms with Gasteiger partial charge in [-0.3, -0.25) is 14.4 Å². The van der Waals surface area contributed by atoms with Crippen LogP contribution in [0.4, 0.5) is 5.69 Å². The summed E-state index contributed by atoms with van der Waals surface area (Å²) in [6.07, 6.45) is 4.53. The maximum Gasteiger partial charge on any atom is 0.254 e. The fourth-order valence-corrected chi connectivity index (χ4v) is 4.59. The number of hydrogen-bond acceptors (Lipinski definition) is 4. The summed E-state index contributed by atoms with van der Waals surface area (Å²) in [4.78, 5) is 44.5. The summed E-state index contributed by atoms with van der Waals surface area (Å²) in [5.74, 6) is -0.0234. The van der Waals surface area contributed by atoms with Gasteiger partial charge in [0.05, 0.1) is 0 Å². The molecule has 0 aliphatic carbocycles. The van der Waals surface area contributed by atoms with Gasteiger partial charge in [-0.2, -0.15) is 0 Å². The number of imidazole rings is 1. The second-order valence-corrected chi connectivity index (χ2v) is 8.85. The highest BCUT2D eigenvalue weighted by Gasteiger charge is 2.28. The van der Waals surface area contributed by atoms with Crippen molar-refractivity contribution in [1.82, 2.24) is 14.5 Å². The first-order valence-electron chi connectivity index (χ1n) is 11.7. The van der Waals surface area contributed by atoms with Gasteiger partial charge in [-0.1, -0.05) is 36.4 Å². The molecule has 0 atom stereocenters. The molecular weight excluding hydrogens is 440 g/mol.